The van der Waals surface area contributed by atoms with Crippen molar-refractivity contribution in [1.82, 2.24) is 4.90 Å². The minimum absolute atomic E-state index is 0.183. The van der Waals surface area contributed by atoms with Gasteiger partial charge in [-0.15, -0.1) is 11.3 Å². The lowest BCUT2D eigenvalue weighted by molar-refractivity contribution is -0.140. The number of likely N-dealkylation sites (tertiary alicyclic amines) is 1. The SMILES string of the molecule is O=C1[C@H]2[C@H](CC(COc3ccccc3)=C3B(O)O[C@H](c4ccc(CO)o4)C[C@H]32)C(=O)N1Cc1cccs1. The number of carbonyl (C=O) groups is 2. The summed E-state index contributed by atoms with van der Waals surface area (Å²) in [7, 11) is -1.27. The lowest BCUT2D eigenvalue weighted by Crippen LogP contribution is -2.45. The molecule has 0 saturated carbocycles. The number of furan rings is 1. The number of carbonyl (C=O) groups excluding carboxylic acids is 2. The Balaban J connectivity index is 1.34. The lowest BCUT2D eigenvalue weighted by Gasteiger charge is -2.41. The summed E-state index contributed by atoms with van der Waals surface area (Å²) in [6, 6.07) is 16.5. The number of imide groups is 1. The van der Waals surface area contributed by atoms with Gasteiger partial charge in [-0.3, -0.25) is 14.5 Å². The van der Waals surface area contributed by atoms with E-state index in [4.69, 9.17) is 13.8 Å². The van der Waals surface area contributed by atoms with Gasteiger partial charge in [-0.1, -0.05) is 24.3 Å². The number of hydrogen-bond acceptors (Lipinski definition) is 8. The molecule has 0 unspecified atom stereocenters. The molecule has 1 aromatic carbocycles. The summed E-state index contributed by atoms with van der Waals surface area (Å²) in [6.07, 6.45) is 0.0791. The molecular weight excluding hydrogens is 493 g/mol. The van der Waals surface area contributed by atoms with Gasteiger partial charge >= 0.3 is 7.12 Å². The van der Waals surface area contributed by atoms with E-state index in [1.807, 2.05) is 47.8 Å². The monoisotopic (exact) mass is 519 g/mol. The van der Waals surface area contributed by atoms with Crippen molar-refractivity contribution in [2.24, 2.45) is 17.8 Å². The summed E-state index contributed by atoms with van der Waals surface area (Å²) >= 11 is 1.51. The van der Waals surface area contributed by atoms with Gasteiger partial charge in [0.2, 0.25) is 11.8 Å². The van der Waals surface area contributed by atoms with Gasteiger partial charge in [-0.2, -0.15) is 0 Å². The molecule has 0 bridgehead atoms. The average Bonchev–Trinajstić information content (AvgIpc) is 3.66. The third kappa shape index (κ3) is 4.44. The third-order valence-corrected chi connectivity index (χ3v) is 8.37. The third-order valence-electron chi connectivity index (χ3n) is 7.51. The molecule has 0 spiro atoms. The second kappa shape index (κ2) is 9.94. The highest BCUT2D eigenvalue weighted by Crippen LogP contribution is 2.51. The van der Waals surface area contributed by atoms with Crippen molar-refractivity contribution in [3.63, 3.8) is 0 Å². The number of allylic oxidation sites excluding steroid dienone is 1. The van der Waals surface area contributed by atoms with Crippen LogP contribution in [0.3, 0.4) is 0 Å². The minimum Gasteiger partial charge on any atom is -0.489 e. The first-order chi connectivity index (χ1) is 18.0. The number of rotatable bonds is 7. The average molecular weight is 519 g/mol. The number of ether oxygens (including phenoxy) is 1. The lowest BCUT2D eigenvalue weighted by atomic mass is 9.55. The molecule has 2 fully saturated rings. The standard InChI is InChI=1S/C27H26BNO7S/c30-14-18-8-9-22(35-18)23-12-20-24-21(26(31)29(27(24)32)13-19-7-4-10-37-19)11-16(25(20)28(33)36-23)15-34-17-5-2-1-3-6-17/h1-10,20-21,23-24,30,33H,11-15H2/t20-,21-,23-,24+/m0/s1. The molecule has 6 rings (SSSR count). The fourth-order valence-electron chi connectivity index (χ4n) is 5.85. The van der Waals surface area contributed by atoms with E-state index in [-0.39, 0.29) is 31.6 Å². The van der Waals surface area contributed by atoms with Crippen LogP contribution in [0.2, 0.25) is 0 Å². The summed E-state index contributed by atoms with van der Waals surface area (Å²) < 4.78 is 17.7. The molecule has 1 aliphatic carbocycles. The highest BCUT2D eigenvalue weighted by molar-refractivity contribution is 7.09. The van der Waals surface area contributed by atoms with E-state index in [9.17, 15) is 19.7 Å². The molecule has 2 saturated heterocycles. The number of fused-ring (bicyclic) bond motifs is 3. The number of thiophene rings is 1. The van der Waals surface area contributed by atoms with Crippen LogP contribution in [0.5, 0.6) is 5.75 Å². The Bertz CT molecular complexity index is 1320. The van der Waals surface area contributed by atoms with Crippen LogP contribution in [-0.4, -0.2) is 40.6 Å². The van der Waals surface area contributed by atoms with Crippen LogP contribution in [-0.2, 0) is 27.4 Å². The van der Waals surface area contributed by atoms with Crippen LogP contribution in [0.25, 0.3) is 0 Å². The van der Waals surface area contributed by atoms with Crippen LogP contribution in [0, 0.1) is 17.8 Å². The summed E-state index contributed by atoms with van der Waals surface area (Å²) in [4.78, 5) is 29.6. The summed E-state index contributed by atoms with van der Waals surface area (Å²) in [5.74, 6) is -0.369. The van der Waals surface area contributed by atoms with E-state index in [1.165, 1.54) is 16.2 Å². The zero-order valence-corrected chi connectivity index (χ0v) is 20.8. The van der Waals surface area contributed by atoms with Crippen molar-refractivity contribution >= 4 is 30.3 Å². The van der Waals surface area contributed by atoms with Crippen molar-refractivity contribution in [2.45, 2.75) is 32.1 Å². The number of nitrogens with zero attached hydrogens (tertiary/aromatic N) is 1. The molecule has 37 heavy (non-hydrogen) atoms. The largest absolute Gasteiger partial charge is 0.489 e. The molecule has 10 heteroatoms. The van der Waals surface area contributed by atoms with Gasteiger partial charge in [0.1, 0.15) is 36.6 Å². The van der Waals surface area contributed by atoms with Crippen LogP contribution in [0.15, 0.2) is 75.4 Å². The molecule has 3 aliphatic rings. The summed E-state index contributed by atoms with van der Waals surface area (Å²) in [5, 5.41) is 22.5. The first-order valence-corrected chi connectivity index (χ1v) is 13.2. The molecular formula is C27H26BNO7S. The van der Waals surface area contributed by atoms with Gasteiger partial charge in [-0.05, 0) is 65.5 Å². The first-order valence-electron chi connectivity index (χ1n) is 12.3. The minimum atomic E-state index is -1.27. The first kappa shape index (κ1) is 24.2. The number of aliphatic hydroxyl groups is 1. The highest BCUT2D eigenvalue weighted by atomic mass is 32.1. The van der Waals surface area contributed by atoms with Crippen LogP contribution in [0.1, 0.15) is 35.3 Å². The van der Waals surface area contributed by atoms with Crippen molar-refractivity contribution in [1.29, 1.82) is 0 Å². The molecule has 0 radical (unpaired) electrons. The van der Waals surface area contributed by atoms with E-state index in [1.54, 1.807) is 12.1 Å². The Morgan fingerprint density at radius 3 is 2.62 bits per heavy atom. The summed E-state index contributed by atoms with van der Waals surface area (Å²) in [6.45, 7) is 0.187. The van der Waals surface area contributed by atoms with Crippen molar-refractivity contribution in [3.8, 4) is 5.75 Å². The zero-order chi connectivity index (χ0) is 25.5. The predicted octanol–water partition coefficient (Wildman–Crippen LogP) is 3.51. The maximum atomic E-state index is 13.7. The van der Waals surface area contributed by atoms with E-state index in [2.05, 4.69) is 0 Å². The number of benzene rings is 1. The quantitative estimate of drug-likeness (QED) is 0.363. The van der Waals surface area contributed by atoms with Gasteiger partial charge in [0.15, 0.2) is 0 Å². The number of hydrogen-bond donors (Lipinski definition) is 2. The Hall–Kier alpha value is -3.18. The fraction of sp³-hybridized carbons (Fsp3) is 0.333. The Morgan fingerprint density at radius 1 is 1.05 bits per heavy atom. The molecule has 2 N–H and O–H groups in total. The van der Waals surface area contributed by atoms with Gasteiger partial charge in [0.25, 0.3) is 0 Å². The molecule has 2 amide bonds. The van der Waals surface area contributed by atoms with Crippen molar-refractivity contribution in [2.75, 3.05) is 6.61 Å². The second-order valence-corrected chi connectivity index (χ2v) is 10.7. The van der Waals surface area contributed by atoms with Gasteiger partial charge in [-0.25, -0.2) is 0 Å². The van der Waals surface area contributed by atoms with Crippen molar-refractivity contribution < 1.29 is 33.5 Å². The normalized spacial score (nSPS) is 25.5. The maximum absolute atomic E-state index is 13.7. The number of aliphatic hydroxyl groups excluding tert-OH is 1. The van der Waals surface area contributed by atoms with Crippen LogP contribution >= 0.6 is 11.3 Å². The van der Waals surface area contributed by atoms with E-state index < -0.39 is 31.0 Å². The molecule has 3 aromatic rings. The van der Waals surface area contributed by atoms with Crippen molar-refractivity contribution in [3.05, 3.63) is 87.4 Å². The number of para-hydroxylation sites is 1. The molecule has 190 valence electrons. The molecule has 4 atom stereocenters. The molecule has 4 heterocycles. The second-order valence-electron chi connectivity index (χ2n) is 9.62. The molecule has 2 aliphatic heterocycles. The Morgan fingerprint density at radius 2 is 1.89 bits per heavy atom. The van der Waals surface area contributed by atoms with E-state index >= 15 is 0 Å². The van der Waals surface area contributed by atoms with E-state index in [0.29, 0.717) is 35.6 Å². The molecule has 8 nitrogen and oxygen atoms in total. The van der Waals surface area contributed by atoms with Crippen LogP contribution < -0.4 is 4.74 Å². The predicted molar refractivity (Wildman–Crippen MR) is 135 cm³/mol. The number of amides is 2. The Kier molecular flexibility index (Phi) is 6.50. The van der Waals surface area contributed by atoms with Gasteiger partial charge in [0.05, 0.1) is 18.4 Å². The van der Waals surface area contributed by atoms with Gasteiger partial charge in [0, 0.05) is 4.88 Å². The smallest absolute Gasteiger partial charge is 0.487 e. The van der Waals surface area contributed by atoms with E-state index in [0.717, 1.165) is 10.5 Å². The Labute approximate surface area is 218 Å². The molecule has 2 aromatic heterocycles. The maximum Gasteiger partial charge on any atom is 0.487 e. The van der Waals surface area contributed by atoms with Crippen LogP contribution in [0.4, 0.5) is 0 Å². The van der Waals surface area contributed by atoms with Gasteiger partial charge < -0.3 is 23.9 Å². The topological polar surface area (TPSA) is 109 Å². The summed E-state index contributed by atoms with van der Waals surface area (Å²) in [5.41, 5.74) is 1.41. The fourth-order valence-corrected chi connectivity index (χ4v) is 6.54. The zero-order valence-electron chi connectivity index (χ0n) is 20.0. The highest BCUT2D eigenvalue weighted by Gasteiger charge is 2.58.